The molecule has 10 heteroatoms. The van der Waals surface area contributed by atoms with Crippen LogP contribution in [0, 0.1) is 6.92 Å². The molecule has 0 aliphatic rings. The van der Waals surface area contributed by atoms with Gasteiger partial charge in [0.2, 0.25) is 11.0 Å². The summed E-state index contributed by atoms with van der Waals surface area (Å²) >= 11 is 8.84. The van der Waals surface area contributed by atoms with E-state index in [1.54, 1.807) is 10.9 Å². The van der Waals surface area contributed by atoms with Crippen LogP contribution in [0.3, 0.4) is 0 Å². The Morgan fingerprint density at radius 1 is 1.36 bits per heavy atom. The number of hydrogen-bond acceptors (Lipinski definition) is 7. The van der Waals surface area contributed by atoms with Crippen LogP contribution in [0.4, 0.5) is 5.13 Å². The van der Waals surface area contributed by atoms with E-state index in [1.165, 1.54) is 23.1 Å². The smallest absolute Gasteiger partial charge is 0.236 e. The Balaban J connectivity index is 1.65. The van der Waals surface area contributed by atoms with Gasteiger partial charge in [-0.3, -0.25) is 14.7 Å². The van der Waals surface area contributed by atoms with E-state index in [0.29, 0.717) is 15.3 Å². The van der Waals surface area contributed by atoms with Crippen LogP contribution < -0.4 is 5.32 Å². The summed E-state index contributed by atoms with van der Waals surface area (Å²) < 4.78 is 1.80. The first kappa shape index (κ1) is 17.8. The van der Waals surface area contributed by atoms with Crippen molar-refractivity contribution in [3.8, 4) is 5.69 Å². The molecule has 2 heterocycles. The number of amides is 1. The fraction of sp³-hybridized carbons (Fsp3) is 0.267. The topological polar surface area (TPSA) is 85.6 Å². The molecule has 130 valence electrons. The van der Waals surface area contributed by atoms with Gasteiger partial charge >= 0.3 is 0 Å². The molecule has 25 heavy (non-hydrogen) atoms. The zero-order valence-electron chi connectivity index (χ0n) is 13.6. The monoisotopic (exact) mass is 394 g/mol. The summed E-state index contributed by atoms with van der Waals surface area (Å²) in [7, 11) is 0. The lowest BCUT2D eigenvalue weighted by Crippen LogP contribution is -2.14. The lowest BCUT2D eigenvalue weighted by Gasteiger charge is -2.07. The van der Waals surface area contributed by atoms with E-state index in [-0.39, 0.29) is 11.7 Å². The maximum Gasteiger partial charge on any atom is 0.236 e. The molecule has 0 spiro atoms. The molecule has 0 unspecified atom stereocenters. The number of carbonyl (C=O) groups is 1. The van der Waals surface area contributed by atoms with E-state index in [1.807, 2.05) is 32.0 Å². The van der Waals surface area contributed by atoms with Crippen LogP contribution in [0.5, 0.6) is 0 Å². The number of nitrogens with zero attached hydrogens (tertiary/aromatic N) is 5. The average molecular weight is 395 g/mol. The molecule has 0 bridgehead atoms. The first-order valence-electron chi connectivity index (χ1n) is 7.48. The van der Waals surface area contributed by atoms with Gasteiger partial charge in [-0.05, 0) is 31.0 Å². The Kier molecular flexibility index (Phi) is 5.67. The summed E-state index contributed by atoms with van der Waals surface area (Å²) in [6.07, 6.45) is 2.39. The number of hydrogen-bond donors (Lipinski definition) is 1. The summed E-state index contributed by atoms with van der Waals surface area (Å²) in [5.41, 5.74) is 1.84. The van der Waals surface area contributed by atoms with Crippen LogP contribution >= 0.6 is 34.7 Å². The predicted octanol–water partition coefficient (Wildman–Crippen LogP) is 3.37. The van der Waals surface area contributed by atoms with Gasteiger partial charge in [-0.25, -0.2) is 0 Å². The van der Waals surface area contributed by atoms with E-state index < -0.39 is 0 Å². The molecule has 1 aromatic carbocycles. The van der Waals surface area contributed by atoms with Gasteiger partial charge in [-0.2, -0.15) is 0 Å². The number of benzene rings is 1. The zero-order valence-corrected chi connectivity index (χ0v) is 16.0. The van der Waals surface area contributed by atoms with Crippen LogP contribution in [-0.2, 0) is 11.2 Å². The molecule has 1 N–H and O–H groups in total. The van der Waals surface area contributed by atoms with Gasteiger partial charge in [-0.1, -0.05) is 47.7 Å². The maximum absolute atomic E-state index is 12.1. The minimum Gasteiger partial charge on any atom is -0.300 e. The minimum absolute atomic E-state index is 0.166. The van der Waals surface area contributed by atoms with Crippen molar-refractivity contribution in [2.45, 2.75) is 25.4 Å². The molecular formula is C15H15ClN6OS2. The van der Waals surface area contributed by atoms with Crippen molar-refractivity contribution in [2.75, 3.05) is 11.1 Å². The molecule has 0 atom stereocenters. The number of aryl methyl sites for hydroxylation is 2. The van der Waals surface area contributed by atoms with Gasteiger partial charge in [-0.15, -0.1) is 20.4 Å². The Morgan fingerprint density at radius 2 is 2.20 bits per heavy atom. The molecule has 0 saturated carbocycles. The van der Waals surface area contributed by atoms with Crippen LogP contribution in [0.1, 0.15) is 17.5 Å². The number of aromatic nitrogens is 5. The number of rotatable bonds is 6. The molecule has 0 aliphatic carbocycles. The van der Waals surface area contributed by atoms with E-state index in [2.05, 4.69) is 25.7 Å². The van der Waals surface area contributed by atoms with E-state index >= 15 is 0 Å². The third kappa shape index (κ3) is 4.36. The highest BCUT2D eigenvalue weighted by molar-refractivity contribution is 7.99. The molecule has 2 aromatic heterocycles. The number of anilines is 1. The van der Waals surface area contributed by atoms with E-state index in [9.17, 15) is 4.79 Å². The van der Waals surface area contributed by atoms with Gasteiger partial charge in [0, 0.05) is 5.02 Å². The highest BCUT2D eigenvalue weighted by Gasteiger charge is 2.12. The third-order valence-corrected chi connectivity index (χ3v) is 5.63. The number of thioether (sulfide) groups is 1. The Bertz CT molecular complexity index is 894. The van der Waals surface area contributed by atoms with Gasteiger partial charge in [0.15, 0.2) is 5.16 Å². The second kappa shape index (κ2) is 7.94. The fourth-order valence-corrected chi connectivity index (χ4v) is 3.56. The zero-order chi connectivity index (χ0) is 17.8. The largest absolute Gasteiger partial charge is 0.300 e. The first-order valence-corrected chi connectivity index (χ1v) is 9.66. The third-order valence-electron chi connectivity index (χ3n) is 3.30. The van der Waals surface area contributed by atoms with E-state index in [0.717, 1.165) is 22.7 Å². The molecule has 3 rings (SSSR count). The number of nitrogens with one attached hydrogen (secondary N) is 1. The normalized spacial score (nSPS) is 10.8. The molecule has 0 fully saturated rings. The molecule has 1 amide bonds. The SMILES string of the molecule is CCc1nnc(NC(=O)CSc2nncn2-c2ccc(C)c(Cl)c2)s1. The van der Waals surface area contributed by atoms with Crippen molar-refractivity contribution < 1.29 is 4.79 Å². The molecular weight excluding hydrogens is 380 g/mol. The van der Waals surface area contributed by atoms with Crippen LogP contribution in [-0.4, -0.2) is 36.6 Å². The summed E-state index contributed by atoms with van der Waals surface area (Å²) in [5.74, 6) is 0.0274. The van der Waals surface area contributed by atoms with Crippen molar-refractivity contribution in [1.82, 2.24) is 25.0 Å². The lowest BCUT2D eigenvalue weighted by atomic mass is 10.2. The molecule has 7 nitrogen and oxygen atoms in total. The molecule has 0 saturated heterocycles. The number of carbonyl (C=O) groups excluding carboxylic acids is 1. The molecule has 3 aromatic rings. The van der Waals surface area contributed by atoms with Gasteiger partial charge in [0.25, 0.3) is 0 Å². The summed E-state index contributed by atoms with van der Waals surface area (Å²) in [6.45, 7) is 3.93. The summed E-state index contributed by atoms with van der Waals surface area (Å²) in [4.78, 5) is 12.1. The van der Waals surface area contributed by atoms with Crippen molar-refractivity contribution >= 4 is 45.7 Å². The van der Waals surface area contributed by atoms with Gasteiger partial charge in [0.05, 0.1) is 11.4 Å². The summed E-state index contributed by atoms with van der Waals surface area (Å²) in [5, 5.41) is 21.3. The van der Waals surface area contributed by atoms with Crippen LogP contribution in [0.25, 0.3) is 5.69 Å². The van der Waals surface area contributed by atoms with Gasteiger partial charge in [0.1, 0.15) is 11.3 Å². The second-order valence-electron chi connectivity index (χ2n) is 5.11. The van der Waals surface area contributed by atoms with Crippen molar-refractivity contribution in [3.63, 3.8) is 0 Å². The Hall–Kier alpha value is -1.97. The Morgan fingerprint density at radius 3 is 2.92 bits per heavy atom. The number of halogens is 1. The van der Waals surface area contributed by atoms with Crippen LogP contribution in [0.15, 0.2) is 29.7 Å². The molecule has 0 radical (unpaired) electrons. The minimum atomic E-state index is -0.166. The van der Waals surface area contributed by atoms with Crippen molar-refractivity contribution in [2.24, 2.45) is 0 Å². The standard InChI is InChI=1S/C15H15ClN6OS2/c1-3-13-19-20-14(25-13)18-12(23)7-24-15-21-17-8-22(15)10-5-4-9(2)11(16)6-10/h4-6,8H,3,7H2,1-2H3,(H,18,20,23). The predicted molar refractivity (Wildman–Crippen MR) is 99.7 cm³/mol. The molecule has 0 aliphatic heterocycles. The van der Waals surface area contributed by atoms with E-state index in [4.69, 9.17) is 11.6 Å². The lowest BCUT2D eigenvalue weighted by molar-refractivity contribution is -0.113. The Labute approximate surface area is 157 Å². The average Bonchev–Trinajstić information content (AvgIpc) is 3.24. The highest BCUT2D eigenvalue weighted by atomic mass is 35.5. The van der Waals surface area contributed by atoms with Crippen molar-refractivity contribution in [1.29, 1.82) is 0 Å². The quantitative estimate of drug-likeness (QED) is 0.645. The maximum atomic E-state index is 12.1. The summed E-state index contributed by atoms with van der Waals surface area (Å²) in [6, 6.07) is 5.71. The van der Waals surface area contributed by atoms with Crippen molar-refractivity contribution in [3.05, 3.63) is 40.1 Å². The highest BCUT2D eigenvalue weighted by Crippen LogP contribution is 2.24. The first-order chi connectivity index (χ1) is 12.1. The van der Waals surface area contributed by atoms with Crippen LogP contribution in [0.2, 0.25) is 5.02 Å². The second-order valence-corrected chi connectivity index (χ2v) is 7.52. The van der Waals surface area contributed by atoms with Gasteiger partial charge < -0.3 is 0 Å². The fourth-order valence-electron chi connectivity index (χ4n) is 1.96.